The van der Waals surface area contributed by atoms with Gasteiger partial charge in [-0.2, -0.15) is 0 Å². The maximum Gasteiger partial charge on any atom is 0.411 e. The summed E-state index contributed by atoms with van der Waals surface area (Å²) >= 11 is 0. The Bertz CT molecular complexity index is 1320. The Morgan fingerprint density at radius 1 is 0.875 bits per heavy atom. The van der Waals surface area contributed by atoms with Gasteiger partial charge in [-0.05, 0) is 61.6 Å². The molecule has 2 fully saturated rings. The highest BCUT2D eigenvalue weighted by Crippen LogP contribution is 2.31. The van der Waals surface area contributed by atoms with Gasteiger partial charge < -0.3 is 24.4 Å². The second-order valence-corrected chi connectivity index (χ2v) is 10.4. The fourth-order valence-corrected chi connectivity index (χ4v) is 5.24. The first-order valence-electron chi connectivity index (χ1n) is 13.9. The Morgan fingerprint density at radius 3 is 2.33 bits per heavy atom. The predicted octanol–water partition coefficient (Wildman–Crippen LogP) is 6.06. The average Bonchev–Trinajstić information content (AvgIpc) is 3.50. The zero-order valence-electron chi connectivity index (χ0n) is 23.2. The molecule has 2 saturated heterocycles. The number of rotatable bonds is 8. The number of carbonyl (C=O) groups excluding carboxylic acids is 2. The van der Waals surface area contributed by atoms with E-state index in [4.69, 9.17) is 14.2 Å². The van der Waals surface area contributed by atoms with Crippen molar-refractivity contribution in [3.63, 3.8) is 0 Å². The molecule has 3 aromatic carbocycles. The number of amides is 2. The molecule has 0 aromatic heterocycles. The first-order chi connectivity index (χ1) is 19.5. The number of hydrogen-bond acceptors (Lipinski definition) is 6. The van der Waals surface area contributed by atoms with E-state index in [9.17, 15) is 9.59 Å². The van der Waals surface area contributed by atoms with Gasteiger partial charge in [0.05, 0.1) is 18.9 Å². The van der Waals surface area contributed by atoms with Crippen molar-refractivity contribution in [2.24, 2.45) is 0 Å². The Kier molecular flexibility index (Phi) is 9.11. The van der Waals surface area contributed by atoms with Gasteiger partial charge in [-0.1, -0.05) is 48.5 Å². The summed E-state index contributed by atoms with van der Waals surface area (Å²) in [5.74, 6) is -0.0153. The van der Waals surface area contributed by atoms with Crippen molar-refractivity contribution in [3.8, 4) is 11.1 Å². The summed E-state index contributed by atoms with van der Waals surface area (Å²) in [7, 11) is 0. The molecule has 0 radical (unpaired) electrons. The number of likely N-dealkylation sites (tertiary alicyclic amines) is 1. The molecule has 8 heteroatoms. The molecule has 3 aromatic rings. The van der Waals surface area contributed by atoms with Gasteiger partial charge >= 0.3 is 6.09 Å². The summed E-state index contributed by atoms with van der Waals surface area (Å²) < 4.78 is 17.0. The number of nitrogens with zero attached hydrogens (tertiary/aromatic N) is 1. The molecule has 2 aliphatic rings. The molecule has 0 unspecified atom stereocenters. The largest absolute Gasteiger partial charge is 0.446 e. The van der Waals surface area contributed by atoms with Crippen molar-refractivity contribution in [1.82, 2.24) is 4.90 Å². The third-order valence-corrected chi connectivity index (χ3v) is 7.47. The fourth-order valence-electron chi connectivity index (χ4n) is 5.24. The second kappa shape index (κ2) is 13.1. The van der Waals surface area contributed by atoms with Crippen LogP contribution in [0.5, 0.6) is 0 Å². The fraction of sp³-hybridized carbons (Fsp3) is 0.375. The van der Waals surface area contributed by atoms with Gasteiger partial charge in [-0.25, -0.2) is 4.79 Å². The van der Waals surface area contributed by atoms with Crippen LogP contribution in [0.25, 0.3) is 11.1 Å². The van der Waals surface area contributed by atoms with E-state index in [0.717, 1.165) is 65.1 Å². The van der Waals surface area contributed by atoms with E-state index in [-0.39, 0.29) is 18.3 Å². The van der Waals surface area contributed by atoms with Crippen molar-refractivity contribution in [1.29, 1.82) is 0 Å². The molecule has 2 N–H and O–H groups in total. The van der Waals surface area contributed by atoms with Crippen LogP contribution >= 0.6 is 0 Å². The summed E-state index contributed by atoms with van der Waals surface area (Å²) in [5.41, 5.74) is 6.54. The van der Waals surface area contributed by atoms with Crippen LogP contribution in [0.15, 0.2) is 66.7 Å². The lowest BCUT2D eigenvalue weighted by Gasteiger charge is -2.31. The highest BCUT2D eigenvalue weighted by atomic mass is 16.7. The van der Waals surface area contributed by atoms with Crippen LogP contribution in [0.4, 0.5) is 16.2 Å². The van der Waals surface area contributed by atoms with Gasteiger partial charge in [0.25, 0.3) is 0 Å². The first-order valence-corrected chi connectivity index (χ1v) is 13.9. The van der Waals surface area contributed by atoms with E-state index in [1.54, 1.807) is 0 Å². The standard InChI is InChI=1S/C32H37N3O5/c1-22-21-29(23(2)20-27(22)31-38-18-19-39-31)33-30(36)14-17-35-15-12-25(13-16-35)40-32(37)34-28-11-7-6-10-26(28)24-8-4-3-5-9-24/h3-11,20-21,25,31H,12-19H2,1-2H3,(H,33,36)(H,34,37). The smallest absolute Gasteiger partial charge is 0.411 e. The molecule has 0 spiro atoms. The van der Waals surface area contributed by atoms with E-state index in [1.807, 2.05) is 80.6 Å². The third kappa shape index (κ3) is 7.07. The molecule has 0 aliphatic carbocycles. The van der Waals surface area contributed by atoms with Crippen molar-refractivity contribution in [2.75, 3.05) is 43.5 Å². The molecule has 8 nitrogen and oxygen atoms in total. The number of nitrogens with one attached hydrogen (secondary N) is 2. The zero-order valence-corrected chi connectivity index (χ0v) is 23.2. The van der Waals surface area contributed by atoms with E-state index >= 15 is 0 Å². The molecule has 0 bridgehead atoms. The molecular formula is C32H37N3O5. The average molecular weight is 544 g/mol. The van der Waals surface area contributed by atoms with Crippen LogP contribution in [-0.4, -0.2) is 55.9 Å². The van der Waals surface area contributed by atoms with Gasteiger partial charge in [0.2, 0.25) is 5.91 Å². The number of aryl methyl sites for hydroxylation is 2. The lowest BCUT2D eigenvalue weighted by atomic mass is 10.0. The molecule has 2 heterocycles. The van der Waals surface area contributed by atoms with E-state index in [2.05, 4.69) is 15.5 Å². The number of hydrogen-bond donors (Lipinski definition) is 2. The first kappa shape index (κ1) is 27.8. The van der Waals surface area contributed by atoms with Crippen LogP contribution in [0.1, 0.15) is 42.2 Å². The summed E-state index contributed by atoms with van der Waals surface area (Å²) in [6.45, 7) is 7.40. The number of piperidine rings is 1. The topological polar surface area (TPSA) is 89.1 Å². The van der Waals surface area contributed by atoms with Crippen molar-refractivity contribution in [2.45, 2.75) is 45.5 Å². The Morgan fingerprint density at radius 2 is 1.57 bits per heavy atom. The van der Waals surface area contributed by atoms with Gasteiger partial charge in [0.15, 0.2) is 6.29 Å². The van der Waals surface area contributed by atoms with Gasteiger partial charge in [0.1, 0.15) is 6.10 Å². The minimum atomic E-state index is -0.441. The van der Waals surface area contributed by atoms with Gasteiger partial charge in [-0.15, -0.1) is 0 Å². The van der Waals surface area contributed by atoms with Crippen LogP contribution in [-0.2, 0) is 19.0 Å². The molecule has 210 valence electrons. The van der Waals surface area contributed by atoms with Crippen molar-refractivity contribution >= 4 is 23.4 Å². The molecule has 2 amide bonds. The van der Waals surface area contributed by atoms with E-state index in [0.29, 0.717) is 26.2 Å². The summed E-state index contributed by atoms with van der Waals surface area (Å²) in [6, 6.07) is 21.7. The second-order valence-electron chi connectivity index (χ2n) is 10.4. The van der Waals surface area contributed by atoms with Gasteiger partial charge in [-0.3, -0.25) is 10.1 Å². The molecular weight excluding hydrogens is 506 g/mol. The summed E-state index contributed by atoms with van der Waals surface area (Å²) in [4.78, 5) is 27.6. The number of ether oxygens (including phenoxy) is 3. The lowest BCUT2D eigenvalue weighted by Crippen LogP contribution is -2.39. The molecule has 40 heavy (non-hydrogen) atoms. The van der Waals surface area contributed by atoms with E-state index < -0.39 is 6.09 Å². The third-order valence-electron chi connectivity index (χ3n) is 7.47. The molecule has 5 rings (SSSR count). The minimum Gasteiger partial charge on any atom is -0.446 e. The van der Waals surface area contributed by atoms with Crippen LogP contribution < -0.4 is 10.6 Å². The maximum absolute atomic E-state index is 12.7. The Balaban J connectivity index is 1.05. The van der Waals surface area contributed by atoms with Crippen LogP contribution in [0.3, 0.4) is 0 Å². The Labute approximate surface area is 235 Å². The number of anilines is 2. The summed E-state index contributed by atoms with van der Waals surface area (Å²) in [5, 5.41) is 5.97. The Hall–Kier alpha value is -3.72. The predicted molar refractivity (Wildman–Crippen MR) is 155 cm³/mol. The number of benzene rings is 3. The zero-order chi connectivity index (χ0) is 27.9. The quantitative estimate of drug-likeness (QED) is 0.359. The minimum absolute atomic E-state index is 0.0153. The van der Waals surface area contributed by atoms with Crippen molar-refractivity contribution in [3.05, 3.63) is 83.4 Å². The molecule has 0 saturated carbocycles. The molecule has 0 atom stereocenters. The van der Waals surface area contributed by atoms with Gasteiger partial charge in [0, 0.05) is 42.9 Å². The highest BCUT2D eigenvalue weighted by Gasteiger charge is 2.24. The SMILES string of the molecule is Cc1cc(C2OCCO2)c(C)cc1NC(=O)CCN1CCC(OC(=O)Nc2ccccc2-c2ccccc2)CC1. The van der Waals surface area contributed by atoms with Crippen molar-refractivity contribution < 1.29 is 23.8 Å². The number of para-hydroxylation sites is 1. The van der Waals surface area contributed by atoms with Crippen LogP contribution in [0.2, 0.25) is 0 Å². The highest BCUT2D eigenvalue weighted by molar-refractivity contribution is 5.92. The van der Waals surface area contributed by atoms with E-state index in [1.165, 1.54) is 0 Å². The molecule has 2 aliphatic heterocycles. The van der Waals surface area contributed by atoms with Crippen LogP contribution in [0, 0.1) is 13.8 Å². The lowest BCUT2D eigenvalue weighted by molar-refractivity contribution is -0.116. The summed E-state index contributed by atoms with van der Waals surface area (Å²) in [6.07, 6.45) is 0.958. The maximum atomic E-state index is 12.7. The normalized spacial score (nSPS) is 16.6. The number of carbonyl (C=O) groups is 2. The monoisotopic (exact) mass is 543 g/mol.